The molecule has 7 heteroatoms. The highest BCUT2D eigenvalue weighted by atomic mass is 16.6. The lowest BCUT2D eigenvalue weighted by molar-refractivity contribution is -0.138. The molecule has 106 valence electrons. The quantitative estimate of drug-likeness (QED) is 0.745. The van der Waals surface area contributed by atoms with Gasteiger partial charge in [0.05, 0.1) is 13.1 Å². The van der Waals surface area contributed by atoms with Crippen LogP contribution in [0.2, 0.25) is 0 Å². The van der Waals surface area contributed by atoms with E-state index in [0.29, 0.717) is 32.0 Å². The molecule has 0 aromatic heterocycles. The van der Waals surface area contributed by atoms with Crippen LogP contribution < -0.4 is 0 Å². The molecule has 0 spiro atoms. The molecule has 1 unspecified atom stereocenters. The standard InChI is InChI=1S/C12H19N3O4/c1-12(2,3)19-11(18)15-5-4-14-6-8(10(16)17)13-9(14)7-15/h8H,4-7H2,1-3H3,(H,16,17). The topological polar surface area (TPSA) is 82.4 Å². The lowest BCUT2D eigenvalue weighted by Crippen LogP contribution is -2.52. The lowest BCUT2D eigenvalue weighted by Gasteiger charge is -2.34. The summed E-state index contributed by atoms with van der Waals surface area (Å²) in [5, 5.41) is 8.95. The third-order valence-electron chi connectivity index (χ3n) is 2.97. The van der Waals surface area contributed by atoms with E-state index in [-0.39, 0.29) is 6.09 Å². The summed E-state index contributed by atoms with van der Waals surface area (Å²) in [5.41, 5.74) is -0.532. The first-order valence-electron chi connectivity index (χ1n) is 6.28. The van der Waals surface area contributed by atoms with Gasteiger partial charge in [-0.1, -0.05) is 0 Å². The van der Waals surface area contributed by atoms with Crippen LogP contribution in [0.4, 0.5) is 4.79 Å². The van der Waals surface area contributed by atoms with Crippen molar-refractivity contribution in [2.45, 2.75) is 32.4 Å². The molecule has 0 radical (unpaired) electrons. The number of rotatable bonds is 1. The summed E-state index contributed by atoms with van der Waals surface area (Å²) >= 11 is 0. The van der Waals surface area contributed by atoms with Crippen molar-refractivity contribution in [3.8, 4) is 0 Å². The second-order valence-electron chi connectivity index (χ2n) is 5.75. The Morgan fingerprint density at radius 2 is 2.05 bits per heavy atom. The molecule has 1 atom stereocenters. The van der Waals surface area contributed by atoms with Crippen LogP contribution in [-0.2, 0) is 9.53 Å². The van der Waals surface area contributed by atoms with E-state index in [0.717, 1.165) is 0 Å². The van der Waals surface area contributed by atoms with E-state index in [1.54, 1.807) is 4.90 Å². The molecule has 2 aliphatic rings. The van der Waals surface area contributed by atoms with Crippen molar-refractivity contribution in [3.63, 3.8) is 0 Å². The molecule has 0 saturated carbocycles. The van der Waals surface area contributed by atoms with Crippen molar-refractivity contribution < 1.29 is 19.4 Å². The smallest absolute Gasteiger partial charge is 0.410 e. The Kier molecular flexibility index (Phi) is 3.38. The van der Waals surface area contributed by atoms with E-state index in [2.05, 4.69) is 4.99 Å². The molecule has 1 fully saturated rings. The van der Waals surface area contributed by atoms with E-state index in [4.69, 9.17) is 9.84 Å². The summed E-state index contributed by atoms with van der Waals surface area (Å²) in [4.78, 5) is 30.4. The summed E-state index contributed by atoms with van der Waals surface area (Å²) in [6.07, 6.45) is -0.381. The van der Waals surface area contributed by atoms with Crippen LogP contribution in [0.25, 0.3) is 0 Å². The second kappa shape index (κ2) is 4.71. The zero-order chi connectivity index (χ0) is 14.2. The maximum Gasteiger partial charge on any atom is 0.410 e. The number of amides is 1. The molecule has 1 amide bonds. The highest BCUT2D eigenvalue weighted by Crippen LogP contribution is 2.17. The van der Waals surface area contributed by atoms with E-state index >= 15 is 0 Å². The number of carboxylic acids is 1. The maximum absolute atomic E-state index is 11.9. The Balaban J connectivity index is 2.00. The Morgan fingerprint density at radius 1 is 1.37 bits per heavy atom. The van der Waals surface area contributed by atoms with Crippen LogP contribution in [0.3, 0.4) is 0 Å². The van der Waals surface area contributed by atoms with Gasteiger partial charge in [-0.05, 0) is 20.8 Å². The van der Waals surface area contributed by atoms with E-state index in [1.165, 1.54) is 0 Å². The first-order chi connectivity index (χ1) is 8.76. The number of ether oxygens (including phenoxy) is 1. The van der Waals surface area contributed by atoms with Crippen molar-refractivity contribution in [1.82, 2.24) is 9.80 Å². The fourth-order valence-corrected chi connectivity index (χ4v) is 2.08. The Bertz CT molecular complexity index is 427. The van der Waals surface area contributed by atoms with Gasteiger partial charge < -0.3 is 14.7 Å². The minimum absolute atomic E-state index is 0.318. The van der Waals surface area contributed by atoms with Crippen LogP contribution in [0.5, 0.6) is 0 Å². The SMILES string of the molecule is CC(C)(C)OC(=O)N1CCN2CC(C(=O)O)N=C2C1. The average molecular weight is 269 g/mol. The van der Waals surface area contributed by atoms with Gasteiger partial charge >= 0.3 is 12.1 Å². The number of piperazine rings is 1. The van der Waals surface area contributed by atoms with Gasteiger partial charge in [0.15, 0.2) is 6.04 Å². The number of carbonyl (C=O) groups excluding carboxylic acids is 1. The Hall–Kier alpha value is -1.79. The van der Waals surface area contributed by atoms with Crippen LogP contribution in [-0.4, -0.2) is 70.6 Å². The molecule has 0 bridgehead atoms. The molecule has 1 saturated heterocycles. The molecule has 19 heavy (non-hydrogen) atoms. The Morgan fingerprint density at radius 3 is 2.63 bits per heavy atom. The van der Waals surface area contributed by atoms with Crippen LogP contribution >= 0.6 is 0 Å². The second-order valence-corrected chi connectivity index (χ2v) is 5.75. The number of nitrogens with zero attached hydrogens (tertiary/aromatic N) is 3. The molecule has 0 aromatic carbocycles. The number of aliphatic imine (C=N–C) groups is 1. The minimum atomic E-state index is -0.925. The first-order valence-corrected chi connectivity index (χ1v) is 6.28. The number of hydrogen-bond donors (Lipinski definition) is 1. The van der Waals surface area contributed by atoms with Gasteiger partial charge in [0.2, 0.25) is 0 Å². The van der Waals surface area contributed by atoms with Gasteiger partial charge in [-0.15, -0.1) is 0 Å². The fraction of sp³-hybridized carbons (Fsp3) is 0.750. The van der Waals surface area contributed by atoms with Crippen molar-refractivity contribution in [2.24, 2.45) is 4.99 Å². The minimum Gasteiger partial charge on any atom is -0.480 e. The van der Waals surface area contributed by atoms with Crippen LogP contribution in [0.1, 0.15) is 20.8 Å². The van der Waals surface area contributed by atoms with Gasteiger partial charge in [-0.25, -0.2) is 9.59 Å². The first kappa shape index (κ1) is 13.6. The molecule has 2 heterocycles. The molecule has 2 rings (SSSR count). The van der Waals surface area contributed by atoms with Crippen LogP contribution in [0.15, 0.2) is 4.99 Å². The van der Waals surface area contributed by atoms with Gasteiger partial charge in [0.1, 0.15) is 11.4 Å². The summed E-state index contributed by atoms with van der Waals surface area (Å²) in [6, 6.07) is -0.714. The van der Waals surface area contributed by atoms with Gasteiger partial charge in [-0.3, -0.25) is 9.89 Å². The predicted octanol–water partition coefficient (Wildman–Crippen LogP) is 0.404. The molecule has 0 aliphatic carbocycles. The van der Waals surface area contributed by atoms with Crippen molar-refractivity contribution in [3.05, 3.63) is 0 Å². The number of amidine groups is 1. The van der Waals surface area contributed by atoms with Gasteiger partial charge in [0.25, 0.3) is 0 Å². The molecule has 2 aliphatic heterocycles. The molecule has 1 N–H and O–H groups in total. The van der Waals surface area contributed by atoms with Crippen molar-refractivity contribution >= 4 is 17.9 Å². The summed E-state index contributed by atoms with van der Waals surface area (Å²) in [7, 11) is 0. The van der Waals surface area contributed by atoms with E-state index in [9.17, 15) is 9.59 Å². The van der Waals surface area contributed by atoms with Crippen LogP contribution in [0, 0.1) is 0 Å². The highest BCUT2D eigenvalue weighted by Gasteiger charge is 2.35. The molecule has 0 aromatic rings. The van der Waals surface area contributed by atoms with Crippen molar-refractivity contribution in [1.29, 1.82) is 0 Å². The molecular weight excluding hydrogens is 250 g/mol. The number of carbonyl (C=O) groups is 2. The maximum atomic E-state index is 11.9. The predicted molar refractivity (Wildman–Crippen MR) is 68.2 cm³/mol. The van der Waals surface area contributed by atoms with Gasteiger partial charge in [-0.2, -0.15) is 0 Å². The fourth-order valence-electron chi connectivity index (χ4n) is 2.08. The summed E-state index contributed by atoms with van der Waals surface area (Å²) < 4.78 is 5.30. The largest absolute Gasteiger partial charge is 0.480 e. The molecular formula is C12H19N3O4. The third-order valence-corrected chi connectivity index (χ3v) is 2.97. The zero-order valence-electron chi connectivity index (χ0n) is 11.4. The average Bonchev–Trinajstić information content (AvgIpc) is 2.69. The third kappa shape index (κ3) is 3.15. The van der Waals surface area contributed by atoms with Crippen molar-refractivity contribution in [2.75, 3.05) is 26.2 Å². The lowest BCUT2D eigenvalue weighted by atomic mass is 10.2. The number of aliphatic carboxylic acids is 1. The number of carboxylic acid groups (broad SMARTS) is 1. The normalized spacial score (nSPS) is 22.9. The number of fused-ring (bicyclic) bond motifs is 1. The summed E-state index contributed by atoms with van der Waals surface area (Å²) in [5.74, 6) is -0.268. The Labute approximate surface area is 111 Å². The molecule has 7 nitrogen and oxygen atoms in total. The summed E-state index contributed by atoms with van der Waals surface area (Å²) in [6.45, 7) is 7.28. The van der Waals surface area contributed by atoms with E-state index in [1.807, 2.05) is 25.7 Å². The zero-order valence-corrected chi connectivity index (χ0v) is 11.4. The van der Waals surface area contributed by atoms with Gasteiger partial charge in [0, 0.05) is 13.1 Å². The van der Waals surface area contributed by atoms with E-state index < -0.39 is 17.6 Å². The monoisotopic (exact) mass is 269 g/mol. The number of hydrogen-bond acceptors (Lipinski definition) is 5. The highest BCUT2D eigenvalue weighted by molar-refractivity contribution is 5.93.